The molecule has 0 radical (unpaired) electrons. The molecule has 1 rings (SSSR count). The quantitative estimate of drug-likeness (QED) is 0.753. The van der Waals surface area contributed by atoms with Crippen LogP contribution < -0.4 is 5.32 Å². The Kier molecular flexibility index (Phi) is 5.72. The van der Waals surface area contributed by atoms with E-state index in [1.807, 2.05) is 13.0 Å². The summed E-state index contributed by atoms with van der Waals surface area (Å²) in [6, 6.07) is 2.20. The first kappa shape index (κ1) is 14.3. The van der Waals surface area contributed by atoms with Crippen molar-refractivity contribution in [3.63, 3.8) is 0 Å². The number of furan rings is 1. The van der Waals surface area contributed by atoms with E-state index in [1.165, 1.54) is 0 Å². The molecule has 0 saturated carbocycles. The van der Waals surface area contributed by atoms with Crippen molar-refractivity contribution in [2.24, 2.45) is 0 Å². The average Bonchev–Trinajstić information content (AvgIpc) is 2.83. The minimum Gasteiger partial charge on any atom is -0.472 e. The maximum absolute atomic E-state index is 5.96. The number of hydrogen-bond donors (Lipinski definition) is 1. The van der Waals surface area contributed by atoms with Crippen molar-refractivity contribution >= 4 is 0 Å². The van der Waals surface area contributed by atoms with Crippen molar-refractivity contribution in [3.05, 3.63) is 24.2 Å². The molecule has 3 heteroatoms. The van der Waals surface area contributed by atoms with Crippen LogP contribution in [-0.4, -0.2) is 18.8 Å². The monoisotopic (exact) mass is 239 g/mol. The van der Waals surface area contributed by atoms with E-state index in [0.29, 0.717) is 0 Å². The first-order valence-electron chi connectivity index (χ1n) is 6.57. The number of hydrogen-bond acceptors (Lipinski definition) is 3. The molecule has 0 saturated heterocycles. The standard InChI is InChI=1S/C14H25NO2/c1-5-9-15-13(12-8-10-16-11-12)14(4,6-2)17-7-3/h8,10-11,13,15H,5-7,9H2,1-4H3. The van der Waals surface area contributed by atoms with E-state index >= 15 is 0 Å². The molecule has 1 N–H and O–H groups in total. The van der Waals surface area contributed by atoms with Crippen LogP contribution in [0.3, 0.4) is 0 Å². The van der Waals surface area contributed by atoms with Crippen molar-refractivity contribution in [1.29, 1.82) is 0 Å². The predicted molar refractivity (Wildman–Crippen MR) is 70.1 cm³/mol. The molecule has 98 valence electrons. The Bertz CT molecular complexity index is 297. The molecule has 0 aliphatic carbocycles. The van der Waals surface area contributed by atoms with Crippen LogP contribution in [0.15, 0.2) is 23.0 Å². The minimum absolute atomic E-state index is 0.186. The summed E-state index contributed by atoms with van der Waals surface area (Å²) in [6.07, 6.45) is 5.60. The first-order chi connectivity index (χ1) is 8.18. The van der Waals surface area contributed by atoms with Gasteiger partial charge in [0.05, 0.1) is 24.2 Å². The lowest BCUT2D eigenvalue weighted by atomic mass is 9.88. The fourth-order valence-corrected chi connectivity index (χ4v) is 2.13. The summed E-state index contributed by atoms with van der Waals surface area (Å²) in [5.41, 5.74) is 0.976. The highest BCUT2D eigenvalue weighted by Crippen LogP contribution is 2.32. The van der Waals surface area contributed by atoms with Crippen LogP contribution >= 0.6 is 0 Å². The van der Waals surface area contributed by atoms with Gasteiger partial charge >= 0.3 is 0 Å². The Morgan fingerprint density at radius 2 is 2.18 bits per heavy atom. The molecule has 2 atom stereocenters. The van der Waals surface area contributed by atoms with E-state index in [4.69, 9.17) is 9.15 Å². The Balaban J connectivity index is 2.87. The molecule has 0 fully saturated rings. The van der Waals surface area contributed by atoms with Crippen LogP contribution in [0.25, 0.3) is 0 Å². The molecule has 0 amide bonds. The van der Waals surface area contributed by atoms with E-state index in [1.54, 1.807) is 12.5 Å². The van der Waals surface area contributed by atoms with Gasteiger partial charge in [0, 0.05) is 12.2 Å². The summed E-state index contributed by atoms with van der Waals surface area (Å²) in [5.74, 6) is 0. The van der Waals surface area contributed by atoms with Crippen LogP contribution in [0.2, 0.25) is 0 Å². The van der Waals surface area contributed by atoms with Gasteiger partial charge in [0.1, 0.15) is 0 Å². The molecular formula is C14H25NO2. The van der Waals surface area contributed by atoms with Gasteiger partial charge in [-0.3, -0.25) is 0 Å². The molecule has 0 spiro atoms. The van der Waals surface area contributed by atoms with Crippen LogP contribution in [0, 0.1) is 0 Å². The Hall–Kier alpha value is -0.800. The van der Waals surface area contributed by atoms with Gasteiger partial charge in [-0.25, -0.2) is 0 Å². The van der Waals surface area contributed by atoms with Crippen molar-refractivity contribution < 1.29 is 9.15 Å². The molecule has 3 nitrogen and oxygen atoms in total. The summed E-state index contributed by atoms with van der Waals surface area (Å²) in [4.78, 5) is 0. The summed E-state index contributed by atoms with van der Waals surface area (Å²) >= 11 is 0. The third-order valence-corrected chi connectivity index (χ3v) is 3.26. The SMILES string of the molecule is CCCNC(c1ccoc1)C(C)(CC)OCC. The highest BCUT2D eigenvalue weighted by molar-refractivity contribution is 5.16. The number of nitrogens with one attached hydrogen (secondary N) is 1. The number of rotatable bonds is 8. The number of ether oxygens (including phenoxy) is 1. The molecule has 2 unspecified atom stereocenters. The van der Waals surface area contributed by atoms with Gasteiger partial charge < -0.3 is 14.5 Å². The highest BCUT2D eigenvalue weighted by atomic mass is 16.5. The van der Waals surface area contributed by atoms with E-state index in [9.17, 15) is 0 Å². The largest absolute Gasteiger partial charge is 0.472 e. The maximum Gasteiger partial charge on any atom is 0.0951 e. The molecule has 1 heterocycles. The summed E-state index contributed by atoms with van der Waals surface area (Å²) in [6.45, 7) is 10.3. The van der Waals surface area contributed by atoms with Gasteiger partial charge in [-0.05, 0) is 39.3 Å². The van der Waals surface area contributed by atoms with Crippen LogP contribution in [0.1, 0.15) is 52.1 Å². The molecule has 0 aromatic carbocycles. The zero-order chi connectivity index (χ0) is 12.7. The van der Waals surface area contributed by atoms with Crippen LogP contribution in [0.4, 0.5) is 0 Å². The predicted octanol–water partition coefficient (Wildman–Crippen LogP) is 3.53. The second-order valence-corrected chi connectivity index (χ2v) is 4.54. The molecule has 0 aliphatic heterocycles. The normalized spacial score (nSPS) is 16.7. The molecule has 1 aromatic heterocycles. The summed E-state index contributed by atoms with van der Waals surface area (Å²) < 4.78 is 11.2. The summed E-state index contributed by atoms with van der Waals surface area (Å²) in [7, 11) is 0. The maximum atomic E-state index is 5.96. The highest BCUT2D eigenvalue weighted by Gasteiger charge is 2.34. The molecule has 0 bridgehead atoms. The van der Waals surface area contributed by atoms with Gasteiger partial charge in [-0.1, -0.05) is 13.8 Å². The Morgan fingerprint density at radius 3 is 2.65 bits per heavy atom. The Morgan fingerprint density at radius 1 is 1.41 bits per heavy atom. The first-order valence-corrected chi connectivity index (χ1v) is 6.57. The van der Waals surface area contributed by atoms with Crippen LogP contribution in [-0.2, 0) is 4.74 Å². The third-order valence-electron chi connectivity index (χ3n) is 3.26. The van der Waals surface area contributed by atoms with Crippen molar-refractivity contribution in [3.8, 4) is 0 Å². The van der Waals surface area contributed by atoms with Crippen molar-refractivity contribution in [2.45, 2.75) is 52.2 Å². The second kappa shape index (κ2) is 6.82. The minimum atomic E-state index is -0.187. The van der Waals surface area contributed by atoms with Crippen molar-refractivity contribution in [2.75, 3.05) is 13.2 Å². The average molecular weight is 239 g/mol. The fraction of sp³-hybridized carbons (Fsp3) is 0.714. The topological polar surface area (TPSA) is 34.4 Å². The van der Waals surface area contributed by atoms with Gasteiger partial charge in [-0.2, -0.15) is 0 Å². The lowest BCUT2D eigenvalue weighted by molar-refractivity contribution is -0.0564. The van der Waals surface area contributed by atoms with E-state index in [2.05, 4.69) is 26.1 Å². The third kappa shape index (κ3) is 3.58. The van der Waals surface area contributed by atoms with E-state index in [0.717, 1.165) is 31.6 Å². The lowest BCUT2D eigenvalue weighted by Crippen LogP contribution is -2.43. The van der Waals surface area contributed by atoms with Crippen LogP contribution in [0.5, 0.6) is 0 Å². The fourth-order valence-electron chi connectivity index (χ4n) is 2.13. The van der Waals surface area contributed by atoms with Gasteiger partial charge in [0.25, 0.3) is 0 Å². The zero-order valence-corrected chi connectivity index (χ0v) is 11.5. The van der Waals surface area contributed by atoms with E-state index in [-0.39, 0.29) is 11.6 Å². The zero-order valence-electron chi connectivity index (χ0n) is 11.5. The van der Waals surface area contributed by atoms with Gasteiger partial charge in [-0.15, -0.1) is 0 Å². The summed E-state index contributed by atoms with van der Waals surface area (Å²) in [5, 5.41) is 3.56. The van der Waals surface area contributed by atoms with Crippen molar-refractivity contribution in [1.82, 2.24) is 5.32 Å². The molecule has 1 aromatic rings. The molecule has 17 heavy (non-hydrogen) atoms. The van der Waals surface area contributed by atoms with Gasteiger partial charge in [0.15, 0.2) is 0 Å². The smallest absolute Gasteiger partial charge is 0.0951 e. The van der Waals surface area contributed by atoms with Gasteiger partial charge in [0.2, 0.25) is 0 Å². The molecule has 0 aliphatic rings. The Labute approximate surface area is 105 Å². The van der Waals surface area contributed by atoms with E-state index < -0.39 is 0 Å². The lowest BCUT2D eigenvalue weighted by Gasteiger charge is -2.37. The second-order valence-electron chi connectivity index (χ2n) is 4.54. The molecular weight excluding hydrogens is 214 g/mol.